The van der Waals surface area contributed by atoms with E-state index in [0.717, 1.165) is 12.8 Å². The van der Waals surface area contributed by atoms with Crippen LogP contribution in [0.5, 0.6) is 5.75 Å². The number of hydrogen-bond donors (Lipinski definition) is 0. The van der Waals surface area contributed by atoms with Crippen molar-refractivity contribution in [3.63, 3.8) is 0 Å². The molecule has 1 aliphatic rings. The van der Waals surface area contributed by atoms with Gasteiger partial charge in [0.1, 0.15) is 0 Å². The fourth-order valence-electron chi connectivity index (χ4n) is 1.99. The molecule has 1 atom stereocenters. The van der Waals surface area contributed by atoms with E-state index in [4.69, 9.17) is 4.74 Å². The highest BCUT2D eigenvalue weighted by molar-refractivity contribution is 9.11. The molecule has 1 aromatic carbocycles. The minimum atomic E-state index is -3.06. The molecule has 9 heteroatoms. The Morgan fingerprint density at radius 2 is 2.04 bits per heavy atom. The lowest BCUT2D eigenvalue weighted by molar-refractivity contribution is -0.144. The Morgan fingerprint density at radius 1 is 1.36 bits per heavy atom. The molecule has 0 amide bonds. The fourth-order valence-corrected chi connectivity index (χ4v) is 3.31. The van der Waals surface area contributed by atoms with Crippen LogP contribution in [-0.4, -0.2) is 37.2 Å². The molecular weight excluding hydrogens is 468 g/mol. The zero-order valence-electron chi connectivity index (χ0n) is 13.2. The molecule has 1 saturated carbocycles. The van der Waals surface area contributed by atoms with Gasteiger partial charge in [0.2, 0.25) is 0 Å². The Bertz CT molecular complexity index is 693. The third kappa shape index (κ3) is 5.31. The monoisotopic (exact) mass is 481 g/mol. The van der Waals surface area contributed by atoms with Gasteiger partial charge in [0.15, 0.2) is 17.5 Å². The Kier molecular flexibility index (Phi) is 7.06. The first-order chi connectivity index (χ1) is 11.8. The molecule has 0 spiro atoms. The maximum absolute atomic E-state index is 12.8. The van der Waals surface area contributed by atoms with Gasteiger partial charge in [0.05, 0.1) is 15.6 Å². The van der Waals surface area contributed by atoms with Crippen LogP contribution < -0.4 is 4.74 Å². The lowest BCUT2D eigenvalue weighted by atomic mass is 9.98. The van der Waals surface area contributed by atoms with E-state index in [2.05, 4.69) is 41.6 Å². The van der Waals surface area contributed by atoms with Gasteiger partial charge in [0.25, 0.3) is 0 Å². The van der Waals surface area contributed by atoms with E-state index in [9.17, 15) is 18.4 Å². The van der Waals surface area contributed by atoms with Crippen molar-refractivity contribution in [3.05, 3.63) is 26.6 Å². The Morgan fingerprint density at radius 3 is 2.60 bits per heavy atom. The molecule has 0 saturated heterocycles. The number of rotatable bonds is 8. The maximum Gasteiger partial charge on any atom is 0.387 e. The van der Waals surface area contributed by atoms with Crippen molar-refractivity contribution in [2.75, 3.05) is 6.61 Å². The maximum atomic E-state index is 12.8. The molecule has 0 radical (unpaired) electrons. The molecule has 0 aromatic heterocycles. The van der Waals surface area contributed by atoms with Crippen molar-refractivity contribution in [1.82, 2.24) is 0 Å². The summed E-state index contributed by atoms with van der Waals surface area (Å²) in [5.41, 5.74) is 0.0270. The summed E-state index contributed by atoms with van der Waals surface area (Å²) in [5.74, 6) is -2.80. The minimum absolute atomic E-state index is 0.0270. The van der Waals surface area contributed by atoms with Crippen molar-refractivity contribution >= 4 is 49.8 Å². The topological polar surface area (TPSA) is 65.0 Å². The van der Waals surface area contributed by atoms with E-state index in [0.29, 0.717) is 0 Å². The van der Waals surface area contributed by atoms with Crippen LogP contribution in [-0.2, 0) is 9.53 Å². The predicted molar refractivity (Wildman–Crippen MR) is 94.4 cm³/mol. The quantitative estimate of drug-likeness (QED) is 0.238. The normalized spacial score (nSPS) is 15.4. The van der Waals surface area contributed by atoms with Crippen LogP contribution in [0.2, 0.25) is 0 Å². The molecule has 2 rings (SSSR count). The van der Waals surface area contributed by atoms with E-state index < -0.39 is 24.3 Å². The second kappa shape index (κ2) is 8.84. The first-order valence-corrected chi connectivity index (χ1v) is 9.10. The number of hydrogen-bond acceptors (Lipinski definition) is 5. The number of aliphatic imine (C=N–C) groups is 1. The Labute approximate surface area is 160 Å². The van der Waals surface area contributed by atoms with Gasteiger partial charge in [-0.2, -0.15) is 8.78 Å². The van der Waals surface area contributed by atoms with Gasteiger partial charge >= 0.3 is 12.6 Å². The summed E-state index contributed by atoms with van der Waals surface area (Å²) >= 11 is 6.19. The Hall–Kier alpha value is -1.35. The second-order valence-electron chi connectivity index (χ2n) is 5.24. The summed E-state index contributed by atoms with van der Waals surface area (Å²) in [6.07, 6.45) is 3.10. The van der Waals surface area contributed by atoms with Crippen LogP contribution in [0.3, 0.4) is 0 Å². The minimum Gasteiger partial charge on any atom is -0.465 e. The van der Waals surface area contributed by atoms with Gasteiger partial charge < -0.3 is 9.47 Å². The summed E-state index contributed by atoms with van der Waals surface area (Å²) < 4.78 is 34.8. The van der Waals surface area contributed by atoms with Gasteiger partial charge in [-0.15, -0.1) is 0 Å². The summed E-state index contributed by atoms with van der Waals surface area (Å²) in [6, 6.07) is 2.93. The van der Waals surface area contributed by atoms with Gasteiger partial charge in [-0.25, -0.2) is 0 Å². The number of esters is 1. The van der Waals surface area contributed by atoms with E-state index in [1.54, 1.807) is 6.92 Å². The number of alkyl halides is 2. The van der Waals surface area contributed by atoms with Gasteiger partial charge in [-0.05, 0) is 63.8 Å². The molecule has 1 aromatic rings. The summed E-state index contributed by atoms with van der Waals surface area (Å²) in [6.45, 7) is -1.32. The molecular formula is C16H15Br2F2NO4. The Balaban J connectivity index is 2.35. The van der Waals surface area contributed by atoms with E-state index >= 15 is 0 Å². The second-order valence-corrected chi connectivity index (χ2v) is 6.89. The number of benzene rings is 1. The van der Waals surface area contributed by atoms with Crippen LogP contribution in [0, 0.1) is 5.92 Å². The molecule has 1 unspecified atom stereocenters. The molecule has 136 valence electrons. The summed E-state index contributed by atoms with van der Waals surface area (Å²) in [5, 5.41) is 0. The lowest BCUT2D eigenvalue weighted by Crippen LogP contribution is -2.28. The molecule has 5 nitrogen and oxygen atoms in total. The first-order valence-electron chi connectivity index (χ1n) is 7.52. The number of ketones is 1. The predicted octanol–water partition coefficient (Wildman–Crippen LogP) is 4.41. The highest BCUT2D eigenvalue weighted by Gasteiger charge is 2.31. The van der Waals surface area contributed by atoms with Crippen molar-refractivity contribution in [2.24, 2.45) is 10.9 Å². The number of Topliss-reactive ketones (excluding diaryl/α,β-unsaturated/α-hetero) is 1. The van der Waals surface area contributed by atoms with E-state index in [1.165, 1.54) is 18.3 Å². The smallest absolute Gasteiger partial charge is 0.387 e. The number of carbonyl (C=O) groups excluding carboxylic acids is 2. The van der Waals surface area contributed by atoms with Crippen molar-refractivity contribution in [1.29, 1.82) is 0 Å². The van der Waals surface area contributed by atoms with Crippen LogP contribution >= 0.6 is 31.9 Å². The largest absolute Gasteiger partial charge is 0.465 e. The lowest BCUT2D eigenvalue weighted by Gasteiger charge is -2.15. The molecule has 25 heavy (non-hydrogen) atoms. The fraction of sp³-hybridized carbons (Fsp3) is 0.438. The third-order valence-corrected chi connectivity index (χ3v) is 4.75. The van der Waals surface area contributed by atoms with Crippen LogP contribution in [0.4, 0.5) is 8.78 Å². The van der Waals surface area contributed by atoms with Gasteiger partial charge in [-0.1, -0.05) is 0 Å². The highest BCUT2D eigenvalue weighted by atomic mass is 79.9. The highest BCUT2D eigenvalue weighted by Crippen LogP contribution is 2.38. The van der Waals surface area contributed by atoms with Crippen LogP contribution in [0.1, 0.15) is 30.1 Å². The SMILES string of the molecule is CCOC(=O)C(C=NC1CC1)C(=O)c1ccc(Br)c(OC(F)F)c1Br. The van der Waals surface area contributed by atoms with Crippen LogP contribution in [0.25, 0.3) is 0 Å². The molecule has 0 heterocycles. The first kappa shape index (κ1) is 20.0. The number of halogens is 4. The van der Waals surface area contributed by atoms with Crippen molar-refractivity contribution < 1.29 is 27.8 Å². The number of carbonyl (C=O) groups is 2. The summed E-state index contributed by atoms with van der Waals surface area (Å²) in [7, 11) is 0. The van der Waals surface area contributed by atoms with E-state index in [1.807, 2.05) is 0 Å². The zero-order valence-corrected chi connectivity index (χ0v) is 16.3. The van der Waals surface area contributed by atoms with Gasteiger partial charge in [-0.3, -0.25) is 14.6 Å². The van der Waals surface area contributed by atoms with E-state index in [-0.39, 0.29) is 32.9 Å². The molecule has 1 fully saturated rings. The van der Waals surface area contributed by atoms with Crippen molar-refractivity contribution in [3.8, 4) is 5.75 Å². The molecule has 0 aliphatic heterocycles. The third-order valence-electron chi connectivity index (χ3n) is 3.34. The molecule has 0 N–H and O–H groups in total. The average molecular weight is 483 g/mol. The zero-order chi connectivity index (χ0) is 18.6. The van der Waals surface area contributed by atoms with Crippen molar-refractivity contribution in [2.45, 2.75) is 32.4 Å². The van der Waals surface area contributed by atoms with Gasteiger partial charge in [0, 0.05) is 17.8 Å². The molecule has 1 aliphatic carbocycles. The number of nitrogens with zero attached hydrogens (tertiary/aromatic N) is 1. The standard InChI is InChI=1S/C16H15Br2F2NO4/c1-2-24-15(23)10(7-21-8-3-4-8)13(22)9-5-6-11(17)14(12(9)18)25-16(19)20/h5-8,10,16H,2-4H2,1H3. The summed E-state index contributed by atoms with van der Waals surface area (Å²) in [4.78, 5) is 29.1. The average Bonchev–Trinajstić information content (AvgIpc) is 3.36. The van der Waals surface area contributed by atoms with Crippen LogP contribution in [0.15, 0.2) is 26.1 Å². The molecule has 0 bridgehead atoms. The number of ether oxygens (including phenoxy) is 2.